The smallest absolute Gasteiger partial charge is 0.253 e. The molecule has 1 aromatic carbocycles. The van der Waals surface area contributed by atoms with Crippen LogP contribution in [-0.4, -0.2) is 24.2 Å². The van der Waals surface area contributed by atoms with Gasteiger partial charge in [0.15, 0.2) is 0 Å². The highest BCUT2D eigenvalue weighted by Gasteiger charge is 2.38. The third-order valence-corrected chi connectivity index (χ3v) is 3.54. The molecule has 1 aromatic rings. The van der Waals surface area contributed by atoms with Crippen LogP contribution >= 0.6 is 0 Å². The highest BCUT2D eigenvalue weighted by Crippen LogP contribution is 2.26. The van der Waals surface area contributed by atoms with Gasteiger partial charge in [-0.3, -0.25) is 4.79 Å². The molecule has 0 radical (unpaired) electrons. The first-order valence-electron chi connectivity index (χ1n) is 5.91. The molecule has 2 atom stereocenters. The minimum atomic E-state index is -0.451. The number of benzene rings is 1. The Labute approximate surface area is 105 Å². The Hall–Kier alpha value is -1.62. The quantitative estimate of drug-likeness (QED) is 0.787. The highest BCUT2D eigenvalue weighted by atomic mass is 19.1. The number of ether oxygens (including phenoxy) is 1. The number of hydrogen-bond donors (Lipinski definition) is 2. The van der Waals surface area contributed by atoms with Crippen molar-refractivity contribution in [1.29, 1.82) is 0 Å². The van der Waals surface area contributed by atoms with Crippen molar-refractivity contribution in [2.75, 3.05) is 12.3 Å². The van der Waals surface area contributed by atoms with Crippen molar-refractivity contribution >= 4 is 11.6 Å². The van der Waals surface area contributed by atoms with Crippen LogP contribution in [-0.2, 0) is 4.74 Å². The minimum absolute atomic E-state index is 0.0527. The van der Waals surface area contributed by atoms with Gasteiger partial charge < -0.3 is 15.8 Å². The van der Waals surface area contributed by atoms with E-state index in [1.807, 2.05) is 13.8 Å². The van der Waals surface area contributed by atoms with Gasteiger partial charge in [0.1, 0.15) is 5.82 Å². The lowest BCUT2D eigenvalue weighted by Gasteiger charge is -2.29. The molecule has 0 aliphatic carbocycles. The van der Waals surface area contributed by atoms with Crippen LogP contribution in [0.2, 0.25) is 0 Å². The number of anilines is 1. The molecule has 1 fully saturated rings. The molecule has 0 spiro atoms. The van der Waals surface area contributed by atoms with E-state index in [2.05, 4.69) is 5.32 Å². The maximum absolute atomic E-state index is 12.9. The Morgan fingerprint density at radius 3 is 2.89 bits per heavy atom. The van der Waals surface area contributed by atoms with Gasteiger partial charge in [0.25, 0.3) is 5.91 Å². The normalized spacial score (nSPS) is 27.2. The van der Waals surface area contributed by atoms with Gasteiger partial charge in [0.2, 0.25) is 0 Å². The van der Waals surface area contributed by atoms with E-state index in [1.165, 1.54) is 12.1 Å². The predicted molar refractivity (Wildman–Crippen MR) is 66.7 cm³/mol. The molecule has 0 aromatic heterocycles. The number of nitrogen functional groups attached to an aromatic ring is 1. The molecular weight excluding hydrogens is 235 g/mol. The second-order valence-electron chi connectivity index (χ2n) is 4.87. The number of hydrogen-bond acceptors (Lipinski definition) is 3. The first-order valence-corrected chi connectivity index (χ1v) is 5.91. The summed E-state index contributed by atoms with van der Waals surface area (Å²) in [5.41, 5.74) is 5.67. The Morgan fingerprint density at radius 2 is 2.33 bits per heavy atom. The summed E-state index contributed by atoms with van der Waals surface area (Å²) >= 11 is 0. The topological polar surface area (TPSA) is 64.3 Å². The summed E-state index contributed by atoms with van der Waals surface area (Å²) in [4.78, 5) is 12.1. The first kappa shape index (κ1) is 12.8. The number of carbonyl (C=O) groups excluding carboxylic acids is 1. The van der Waals surface area contributed by atoms with E-state index >= 15 is 0 Å². The van der Waals surface area contributed by atoms with Gasteiger partial charge in [0.05, 0.1) is 17.2 Å². The summed E-state index contributed by atoms with van der Waals surface area (Å²) in [6.07, 6.45) is 0.698. The average molecular weight is 252 g/mol. The van der Waals surface area contributed by atoms with Crippen molar-refractivity contribution in [2.24, 2.45) is 0 Å². The van der Waals surface area contributed by atoms with Gasteiger partial charge in [-0.15, -0.1) is 0 Å². The van der Waals surface area contributed by atoms with Crippen molar-refractivity contribution < 1.29 is 13.9 Å². The fourth-order valence-electron chi connectivity index (χ4n) is 2.07. The summed E-state index contributed by atoms with van der Waals surface area (Å²) in [5.74, 6) is -0.750. The number of rotatable bonds is 2. The molecule has 0 bridgehead atoms. The lowest BCUT2D eigenvalue weighted by molar-refractivity contribution is 0.0728. The van der Waals surface area contributed by atoms with E-state index in [9.17, 15) is 9.18 Å². The largest absolute Gasteiger partial charge is 0.398 e. The molecule has 1 aliphatic heterocycles. The molecule has 1 aliphatic rings. The van der Waals surface area contributed by atoms with E-state index in [1.54, 1.807) is 0 Å². The summed E-state index contributed by atoms with van der Waals surface area (Å²) in [6, 6.07) is 3.76. The molecular formula is C13H17FN2O2. The maximum atomic E-state index is 12.9. The molecule has 98 valence electrons. The maximum Gasteiger partial charge on any atom is 0.253 e. The van der Waals surface area contributed by atoms with Gasteiger partial charge in [0, 0.05) is 12.3 Å². The second-order valence-corrected chi connectivity index (χ2v) is 4.87. The summed E-state index contributed by atoms with van der Waals surface area (Å²) in [5, 5.41) is 2.92. The molecule has 18 heavy (non-hydrogen) atoms. The van der Waals surface area contributed by atoms with Crippen molar-refractivity contribution in [3.63, 3.8) is 0 Å². The molecule has 4 nitrogen and oxygen atoms in total. The van der Waals surface area contributed by atoms with Crippen molar-refractivity contribution in [1.82, 2.24) is 5.32 Å². The second kappa shape index (κ2) is 4.57. The predicted octanol–water partition coefficient (Wildman–Crippen LogP) is 1.71. The lowest BCUT2D eigenvalue weighted by Crippen LogP contribution is -2.50. The summed E-state index contributed by atoms with van der Waals surface area (Å²) < 4.78 is 18.4. The van der Waals surface area contributed by atoms with Crippen LogP contribution in [0.1, 0.15) is 30.6 Å². The van der Waals surface area contributed by atoms with Crippen LogP contribution in [0.3, 0.4) is 0 Å². The monoisotopic (exact) mass is 252 g/mol. The fourth-order valence-corrected chi connectivity index (χ4v) is 2.07. The Kier molecular flexibility index (Phi) is 3.26. The van der Waals surface area contributed by atoms with E-state index in [4.69, 9.17) is 10.5 Å². The third kappa shape index (κ3) is 2.31. The van der Waals surface area contributed by atoms with E-state index in [0.717, 1.165) is 12.5 Å². The fraction of sp³-hybridized carbons (Fsp3) is 0.462. The van der Waals surface area contributed by atoms with Crippen LogP contribution in [0.5, 0.6) is 0 Å². The van der Waals surface area contributed by atoms with Gasteiger partial charge >= 0.3 is 0 Å². The van der Waals surface area contributed by atoms with Crippen LogP contribution in [0.25, 0.3) is 0 Å². The lowest BCUT2D eigenvalue weighted by atomic mass is 9.94. The molecule has 1 amide bonds. The van der Waals surface area contributed by atoms with Crippen LogP contribution in [0.4, 0.5) is 10.1 Å². The standard InChI is InChI=1S/C13H17FN2O2/c1-8-13(2,5-6-18-8)16-12(17)10-4-3-9(14)7-11(10)15/h3-4,7-8H,5-6,15H2,1-2H3,(H,16,17). The highest BCUT2D eigenvalue weighted by molar-refractivity contribution is 5.99. The zero-order valence-corrected chi connectivity index (χ0v) is 10.5. The summed E-state index contributed by atoms with van der Waals surface area (Å²) in [7, 11) is 0. The van der Waals surface area contributed by atoms with Gasteiger partial charge in [-0.05, 0) is 38.5 Å². The molecule has 2 unspecified atom stereocenters. The van der Waals surface area contributed by atoms with Gasteiger partial charge in [-0.2, -0.15) is 0 Å². The number of amides is 1. The number of nitrogens with one attached hydrogen (secondary N) is 1. The van der Waals surface area contributed by atoms with E-state index in [-0.39, 0.29) is 23.3 Å². The molecule has 3 N–H and O–H groups in total. The van der Waals surface area contributed by atoms with E-state index < -0.39 is 11.4 Å². The number of nitrogens with two attached hydrogens (primary N) is 1. The SMILES string of the molecule is CC1OCCC1(C)NC(=O)c1ccc(F)cc1N. The van der Waals surface area contributed by atoms with Gasteiger partial charge in [-0.1, -0.05) is 0 Å². The molecule has 1 saturated heterocycles. The molecule has 0 saturated carbocycles. The molecule has 5 heteroatoms. The minimum Gasteiger partial charge on any atom is -0.398 e. The number of carbonyl (C=O) groups is 1. The van der Waals surface area contributed by atoms with Crippen LogP contribution in [0.15, 0.2) is 18.2 Å². The van der Waals surface area contributed by atoms with E-state index in [0.29, 0.717) is 6.61 Å². The van der Waals surface area contributed by atoms with Crippen molar-refractivity contribution in [2.45, 2.75) is 31.9 Å². The zero-order chi connectivity index (χ0) is 13.3. The molecule has 1 heterocycles. The first-order chi connectivity index (χ1) is 8.42. The molecule has 2 rings (SSSR count). The zero-order valence-electron chi connectivity index (χ0n) is 10.5. The van der Waals surface area contributed by atoms with Crippen LogP contribution in [0, 0.1) is 5.82 Å². The number of halogens is 1. The van der Waals surface area contributed by atoms with Crippen molar-refractivity contribution in [3.8, 4) is 0 Å². The Balaban J connectivity index is 2.17. The Bertz CT molecular complexity index is 478. The summed E-state index contributed by atoms with van der Waals surface area (Å²) in [6.45, 7) is 4.47. The van der Waals surface area contributed by atoms with Crippen molar-refractivity contribution in [3.05, 3.63) is 29.6 Å². The van der Waals surface area contributed by atoms with Crippen LogP contribution < -0.4 is 11.1 Å². The van der Waals surface area contributed by atoms with Gasteiger partial charge in [-0.25, -0.2) is 4.39 Å². The average Bonchev–Trinajstić information content (AvgIpc) is 2.58. The Morgan fingerprint density at radius 1 is 1.61 bits per heavy atom. The third-order valence-electron chi connectivity index (χ3n) is 3.54.